The van der Waals surface area contributed by atoms with E-state index in [1.54, 1.807) is 0 Å². The van der Waals surface area contributed by atoms with E-state index in [2.05, 4.69) is 10.6 Å². The molecule has 1 aliphatic rings. The quantitative estimate of drug-likeness (QED) is 0.792. The van der Waals surface area contributed by atoms with Crippen LogP contribution in [-0.2, 0) is 6.54 Å². The van der Waals surface area contributed by atoms with Crippen molar-refractivity contribution in [3.05, 3.63) is 53.6 Å². The first-order valence-corrected chi connectivity index (χ1v) is 8.30. The maximum absolute atomic E-state index is 11.8. The average molecular weight is 342 g/mol. The molecule has 0 aromatic heterocycles. The van der Waals surface area contributed by atoms with Crippen molar-refractivity contribution in [1.82, 2.24) is 10.6 Å². The van der Waals surface area contributed by atoms with Gasteiger partial charge in [0.1, 0.15) is 25.6 Å². The van der Waals surface area contributed by atoms with Crippen LogP contribution in [0.25, 0.3) is 0 Å². The first-order chi connectivity index (χ1) is 12.2. The van der Waals surface area contributed by atoms with E-state index < -0.39 is 0 Å². The van der Waals surface area contributed by atoms with Crippen LogP contribution in [-0.4, -0.2) is 32.4 Å². The molecule has 2 aromatic rings. The molecule has 0 atom stereocenters. The zero-order valence-corrected chi connectivity index (χ0v) is 14.2. The number of aryl methyl sites for hydroxylation is 1. The lowest BCUT2D eigenvalue weighted by Gasteiger charge is -2.19. The summed E-state index contributed by atoms with van der Waals surface area (Å²) in [6, 6.07) is 13.2. The van der Waals surface area contributed by atoms with Crippen LogP contribution in [0.4, 0.5) is 4.79 Å². The van der Waals surface area contributed by atoms with E-state index >= 15 is 0 Å². The maximum Gasteiger partial charge on any atom is 0.315 e. The second-order valence-electron chi connectivity index (χ2n) is 5.75. The second-order valence-corrected chi connectivity index (χ2v) is 5.75. The molecule has 0 unspecified atom stereocenters. The summed E-state index contributed by atoms with van der Waals surface area (Å²) in [4.78, 5) is 11.8. The Morgan fingerprint density at radius 2 is 1.80 bits per heavy atom. The summed E-state index contributed by atoms with van der Waals surface area (Å²) in [5, 5.41) is 5.58. The Hall–Kier alpha value is -2.89. The number of amides is 2. The fourth-order valence-electron chi connectivity index (χ4n) is 2.41. The standard InChI is InChI=1S/C19H22N2O4/c1-14-2-5-16(6-3-14)23-9-8-20-19(22)21-13-15-4-7-17-18(12-15)25-11-10-24-17/h2-7,12H,8-11,13H2,1H3,(H2,20,21,22). The lowest BCUT2D eigenvalue weighted by atomic mass is 10.2. The normalized spacial score (nSPS) is 12.4. The van der Waals surface area contributed by atoms with E-state index in [9.17, 15) is 4.79 Å². The van der Waals surface area contributed by atoms with Crippen LogP contribution in [0.3, 0.4) is 0 Å². The molecule has 2 N–H and O–H groups in total. The van der Waals surface area contributed by atoms with Crippen LogP contribution >= 0.6 is 0 Å². The molecule has 132 valence electrons. The molecule has 0 spiro atoms. The van der Waals surface area contributed by atoms with Gasteiger partial charge in [0, 0.05) is 6.54 Å². The van der Waals surface area contributed by atoms with Crippen molar-refractivity contribution in [2.24, 2.45) is 0 Å². The number of benzene rings is 2. The Kier molecular flexibility index (Phi) is 5.61. The number of nitrogens with one attached hydrogen (secondary N) is 2. The molecule has 0 radical (unpaired) electrons. The number of rotatable bonds is 6. The molecule has 0 saturated carbocycles. The average Bonchev–Trinajstić information content (AvgIpc) is 2.65. The van der Waals surface area contributed by atoms with Gasteiger partial charge in [-0.15, -0.1) is 0 Å². The summed E-state index contributed by atoms with van der Waals surface area (Å²) in [6.45, 7) is 4.41. The van der Waals surface area contributed by atoms with Crippen molar-refractivity contribution in [3.63, 3.8) is 0 Å². The molecule has 0 saturated heterocycles. The Labute approximate surface area is 147 Å². The van der Waals surface area contributed by atoms with Gasteiger partial charge in [-0.2, -0.15) is 0 Å². The van der Waals surface area contributed by atoms with Crippen LogP contribution in [0.5, 0.6) is 17.2 Å². The minimum absolute atomic E-state index is 0.234. The Morgan fingerprint density at radius 1 is 1.04 bits per heavy atom. The van der Waals surface area contributed by atoms with Crippen molar-refractivity contribution in [3.8, 4) is 17.2 Å². The van der Waals surface area contributed by atoms with Crippen molar-refractivity contribution in [2.45, 2.75) is 13.5 Å². The number of hydrogen-bond acceptors (Lipinski definition) is 4. The van der Waals surface area contributed by atoms with Crippen molar-refractivity contribution in [1.29, 1.82) is 0 Å². The molecule has 0 aliphatic carbocycles. The largest absolute Gasteiger partial charge is 0.492 e. The molecular formula is C19H22N2O4. The van der Waals surface area contributed by atoms with Crippen LogP contribution in [0.2, 0.25) is 0 Å². The monoisotopic (exact) mass is 342 g/mol. The van der Waals surface area contributed by atoms with Gasteiger partial charge >= 0.3 is 6.03 Å². The number of ether oxygens (including phenoxy) is 3. The number of carbonyl (C=O) groups is 1. The van der Waals surface area contributed by atoms with Crippen LogP contribution in [0.15, 0.2) is 42.5 Å². The van der Waals surface area contributed by atoms with E-state index in [0.29, 0.717) is 32.9 Å². The summed E-state index contributed by atoms with van der Waals surface area (Å²) in [7, 11) is 0. The SMILES string of the molecule is Cc1ccc(OCCNC(=O)NCc2ccc3c(c2)OCCO3)cc1. The topological polar surface area (TPSA) is 68.8 Å². The predicted octanol–water partition coefficient (Wildman–Crippen LogP) is 2.64. The zero-order chi connectivity index (χ0) is 17.5. The summed E-state index contributed by atoms with van der Waals surface area (Å²) >= 11 is 0. The van der Waals surface area contributed by atoms with Crippen molar-refractivity contribution >= 4 is 6.03 Å². The van der Waals surface area contributed by atoms with E-state index in [4.69, 9.17) is 14.2 Å². The second kappa shape index (κ2) is 8.28. The molecule has 0 fully saturated rings. The molecule has 1 aliphatic heterocycles. The van der Waals surface area contributed by atoms with Crippen molar-refractivity contribution in [2.75, 3.05) is 26.4 Å². The van der Waals surface area contributed by atoms with Gasteiger partial charge in [0.05, 0.1) is 6.54 Å². The highest BCUT2D eigenvalue weighted by Crippen LogP contribution is 2.30. The summed E-state index contributed by atoms with van der Waals surface area (Å²) in [5.41, 5.74) is 2.14. The minimum Gasteiger partial charge on any atom is -0.492 e. The lowest BCUT2D eigenvalue weighted by molar-refractivity contribution is 0.171. The molecule has 0 bridgehead atoms. The minimum atomic E-state index is -0.234. The van der Waals surface area contributed by atoms with Crippen LogP contribution in [0, 0.1) is 6.92 Å². The highest BCUT2D eigenvalue weighted by Gasteiger charge is 2.11. The van der Waals surface area contributed by atoms with Gasteiger partial charge in [-0.1, -0.05) is 23.8 Å². The van der Waals surface area contributed by atoms with Gasteiger partial charge in [0.15, 0.2) is 11.5 Å². The highest BCUT2D eigenvalue weighted by molar-refractivity contribution is 5.73. The maximum atomic E-state index is 11.8. The molecule has 3 rings (SSSR count). The Morgan fingerprint density at radius 3 is 2.60 bits per heavy atom. The van der Waals surface area contributed by atoms with Gasteiger partial charge < -0.3 is 24.8 Å². The van der Waals surface area contributed by atoms with E-state index in [-0.39, 0.29) is 6.03 Å². The first-order valence-electron chi connectivity index (χ1n) is 8.30. The summed E-state index contributed by atoms with van der Waals surface area (Å²) < 4.78 is 16.6. The zero-order valence-electron chi connectivity index (χ0n) is 14.2. The third-order valence-corrected chi connectivity index (χ3v) is 3.74. The smallest absolute Gasteiger partial charge is 0.315 e. The number of carbonyl (C=O) groups excluding carboxylic acids is 1. The van der Waals surface area contributed by atoms with Gasteiger partial charge in [0.2, 0.25) is 0 Å². The predicted molar refractivity (Wildman–Crippen MR) is 94.3 cm³/mol. The van der Waals surface area contributed by atoms with E-state index in [1.165, 1.54) is 5.56 Å². The third kappa shape index (κ3) is 5.04. The van der Waals surface area contributed by atoms with Gasteiger partial charge in [-0.3, -0.25) is 0 Å². The Balaban J connectivity index is 1.36. The Bertz CT molecular complexity index is 716. The van der Waals surface area contributed by atoms with E-state index in [0.717, 1.165) is 22.8 Å². The highest BCUT2D eigenvalue weighted by atomic mass is 16.6. The third-order valence-electron chi connectivity index (χ3n) is 3.74. The summed E-state index contributed by atoms with van der Waals surface area (Å²) in [5.74, 6) is 2.26. The number of fused-ring (bicyclic) bond motifs is 1. The molecule has 1 heterocycles. The van der Waals surface area contributed by atoms with Gasteiger partial charge in [-0.05, 0) is 36.8 Å². The first kappa shape index (κ1) is 17.0. The molecule has 25 heavy (non-hydrogen) atoms. The fourth-order valence-corrected chi connectivity index (χ4v) is 2.41. The number of hydrogen-bond donors (Lipinski definition) is 2. The number of urea groups is 1. The fraction of sp³-hybridized carbons (Fsp3) is 0.316. The molecule has 2 aromatic carbocycles. The molecule has 6 nitrogen and oxygen atoms in total. The molecular weight excluding hydrogens is 320 g/mol. The molecule has 6 heteroatoms. The van der Waals surface area contributed by atoms with Crippen LogP contribution in [0.1, 0.15) is 11.1 Å². The summed E-state index contributed by atoms with van der Waals surface area (Å²) in [6.07, 6.45) is 0. The lowest BCUT2D eigenvalue weighted by Crippen LogP contribution is -2.37. The van der Waals surface area contributed by atoms with Crippen LogP contribution < -0.4 is 24.8 Å². The van der Waals surface area contributed by atoms with Gasteiger partial charge in [-0.25, -0.2) is 4.79 Å². The molecule has 2 amide bonds. The van der Waals surface area contributed by atoms with E-state index in [1.807, 2.05) is 49.4 Å². The van der Waals surface area contributed by atoms with Gasteiger partial charge in [0.25, 0.3) is 0 Å². The van der Waals surface area contributed by atoms with Crippen molar-refractivity contribution < 1.29 is 19.0 Å².